The Balaban J connectivity index is 1.35. The lowest BCUT2D eigenvalue weighted by Crippen LogP contribution is -2.44. The van der Waals surface area contributed by atoms with Crippen molar-refractivity contribution < 1.29 is 9.59 Å². The van der Waals surface area contributed by atoms with Crippen molar-refractivity contribution in [2.45, 2.75) is 25.8 Å². The summed E-state index contributed by atoms with van der Waals surface area (Å²) in [5, 5.41) is 7.17. The first-order valence-corrected chi connectivity index (χ1v) is 9.80. The van der Waals surface area contributed by atoms with Crippen molar-refractivity contribution in [2.24, 2.45) is 5.92 Å². The number of pyridine rings is 1. The molecule has 2 amide bonds. The van der Waals surface area contributed by atoms with Gasteiger partial charge in [0.1, 0.15) is 0 Å². The van der Waals surface area contributed by atoms with Gasteiger partial charge in [0.15, 0.2) is 5.65 Å². The number of likely N-dealkylation sites (tertiary alicyclic amines) is 1. The number of nitrogens with zero attached hydrogens (tertiary/aromatic N) is 4. The highest BCUT2D eigenvalue weighted by atomic mass is 16.2. The van der Waals surface area contributed by atoms with Crippen molar-refractivity contribution in [3.05, 3.63) is 65.2 Å². The maximum absolute atomic E-state index is 12.7. The molecule has 4 rings (SSSR count). The van der Waals surface area contributed by atoms with E-state index in [9.17, 15) is 14.4 Å². The number of fused-ring (bicyclic) bond motifs is 1. The number of aryl methyl sites for hydroxylation is 1. The predicted octanol–water partition coefficient (Wildman–Crippen LogP) is 1.76. The third kappa shape index (κ3) is 4.21. The van der Waals surface area contributed by atoms with Crippen LogP contribution in [0.2, 0.25) is 0 Å². The summed E-state index contributed by atoms with van der Waals surface area (Å²) in [6.45, 7) is 1.25. The number of piperidine rings is 1. The normalized spacial score (nSPS) is 16.7. The van der Waals surface area contributed by atoms with Crippen LogP contribution in [0.5, 0.6) is 0 Å². The number of amides is 2. The van der Waals surface area contributed by atoms with E-state index in [1.807, 2.05) is 36.4 Å². The second kappa shape index (κ2) is 8.30. The monoisotopic (exact) mass is 393 g/mol. The quantitative estimate of drug-likeness (QED) is 0.715. The molecule has 1 saturated heterocycles. The van der Waals surface area contributed by atoms with Crippen molar-refractivity contribution in [3.8, 4) is 0 Å². The van der Waals surface area contributed by atoms with Crippen LogP contribution in [0.25, 0.3) is 5.65 Å². The topological polar surface area (TPSA) is 88.7 Å². The molecule has 1 aromatic carbocycles. The zero-order valence-corrected chi connectivity index (χ0v) is 16.0. The van der Waals surface area contributed by atoms with Gasteiger partial charge in [0.25, 0.3) is 0 Å². The van der Waals surface area contributed by atoms with Crippen LogP contribution in [0.3, 0.4) is 0 Å². The summed E-state index contributed by atoms with van der Waals surface area (Å²) in [5.74, 6) is -0.359. The number of benzene rings is 1. The lowest BCUT2D eigenvalue weighted by Gasteiger charge is -2.32. The summed E-state index contributed by atoms with van der Waals surface area (Å²) in [4.78, 5) is 39.3. The smallest absolute Gasteiger partial charge is 0.342 e. The Kier molecular flexibility index (Phi) is 5.41. The fourth-order valence-electron chi connectivity index (χ4n) is 3.66. The van der Waals surface area contributed by atoms with E-state index in [0.717, 1.165) is 18.5 Å². The summed E-state index contributed by atoms with van der Waals surface area (Å²) in [6, 6.07) is 14.6. The predicted molar refractivity (Wildman–Crippen MR) is 108 cm³/mol. The number of para-hydroxylation sites is 1. The van der Waals surface area contributed by atoms with Crippen LogP contribution in [-0.4, -0.2) is 44.0 Å². The summed E-state index contributed by atoms with van der Waals surface area (Å²) in [7, 11) is 0. The summed E-state index contributed by atoms with van der Waals surface area (Å²) < 4.78 is 2.77. The van der Waals surface area contributed by atoms with Crippen molar-refractivity contribution in [2.75, 3.05) is 18.4 Å². The van der Waals surface area contributed by atoms with Gasteiger partial charge in [-0.1, -0.05) is 24.3 Å². The van der Waals surface area contributed by atoms with Crippen molar-refractivity contribution in [3.63, 3.8) is 0 Å². The van der Waals surface area contributed by atoms with E-state index in [2.05, 4.69) is 10.4 Å². The first kappa shape index (κ1) is 18.9. The van der Waals surface area contributed by atoms with Gasteiger partial charge in [-0.25, -0.2) is 9.48 Å². The minimum atomic E-state index is -0.257. The zero-order valence-electron chi connectivity index (χ0n) is 16.0. The van der Waals surface area contributed by atoms with Crippen molar-refractivity contribution in [1.82, 2.24) is 19.1 Å². The molecule has 1 aliphatic heterocycles. The lowest BCUT2D eigenvalue weighted by atomic mass is 9.96. The number of hydrogen-bond acceptors (Lipinski definition) is 4. The second-order valence-corrected chi connectivity index (χ2v) is 7.22. The number of carbonyl (C=O) groups excluding carboxylic acids is 2. The van der Waals surface area contributed by atoms with Gasteiger partial charge in [-0.3, -0.25) is 14.0 Å². The van der Waals surface area contributed by atoms with Gasteiger partial charge in [-0.15, -0.1) is 5.10 Å². The molecular formula is C21H23N5O3. The Morgan fingerprint density at radius 3 is 2.69 bits per heavy atom. The molecular weight excluding hydrogens is 370 g/mol. The molecule has 0 spiro atoms. The van der Waals surface area contributed by atoms with Crippen LogP contribution in [0.1, 0.15) is 19.3 Å². The van der Waals surface area contributed by atoms with Gasteiger partial charge in [0, 0.05) is 31.4 Å². The van der Waals surface area contributed by atoms with Crippen LogP contribution in [0.15, 0.2) is 59.5 Å². The standard InChI is InChI=1S/C21H23N5O3/c27-19(11-14-26-21(29)25-13-5-4-10-18(25)23-26)24-12-6-7-16(15-24)20(28)22-17-8-2-1-3-9-17/h1-5,8-10,13,16H,6-7,11-12,14-15H2,(H,22,28). The zero-order chi connectivity index (χ0) is 20.2. The SMILES string of the molecule is O=C(Nc1ccccc1)C1CCCN(C(=O)CCn2nc3ccccn3c2=O)C1. The van der Waals surface area contributed by atoms with E-state index in [1.54, 1.807) is 23.2 Å². The molecule has 1 aliphatic rings. The van der Waals surface area contributed by atoms with Crippen LogP contribution in [0.4, 0.5) is 5.69 Å². The fraction of sp³-hybridized carbons (Fsp3) is 0.333. The van der Waals surface area contributed by atoms with Gasteiger partial charge in [0.05, 0.1) is 12.5 Å². The first-order valence-electron chi connectivity index (χ1n) is 9.80. The molecule has 1 atom stereocenters. The van der Waals surface area contributed by atoms with Crippen molar-refractivity contribution in [1.29, 1.82) is 0 Å². The fourth-order valence-corrected chi connectivity index (χ4v) is 3.66. The molecule has 1 unspecified atom stereocenters. The van der Waals surface area contributed by atoms with Gasteiger partial charge in [-0.2, -0.15) is 0 Å². The number of aromatic nitrogens is 3. The lowest BCUT2D eigenvalue weighted by molar-refractivity contribution is -0.134. The van der Waals surface area contributed by atoms with Crippen LogP contribution in [-0.2, 0) is 16.1 Å². The van der Waals surface area contributed by atoms with Crippen LogP contribution in [0, 0.1) is 5.92 Å². The second-order valence-electron chi connectivity index (χ2n) is 7.22. The third-order valence-electron chi connectivity index (χ3n) is 5.21. The molecule has 1 N–H and O–H groups in total. The highest BCUT2D eigenvalue weighted by molar-refractivity contribution is 5.93. The third-order valence-corrected chi connectivity index (χ3v) is 5.21. The maximum atomic E-state index is 12.7. The molecule has 8 heteroatoms. The van der Waals surface area contributed by atoms with Crippen LogP contribution >= 0.6 is 0 Å². The van der Waals surface area contributed by atoms with E-state index < -0.39 is 0 Å². The first-order chi connectivity index (χ1) is 14.1. The number of hydrogen-bond donors (Lipinski definition) is 1. The molecule has 0 aliphatic carbocycles. The average molecular weight is 393 g/mol. The average Bonchev–Trinajstić information content (AvgIpc) is 3.08. The Hall–Kier alpha value is -3.42. The van der Waals surface area contributed by atoms with Crippen LogP contribution < -0.4 is 11.0 Å². The molecule has 0 saturated carbocycles. The summed E-state index contributed by atoms with van der Waals surface area (Å²) in [6.07, 6.45) is 3.38. The Labute approximate surface area is 167 Å². The van der Waals surface area contributed by atoms with E-state index >= 15 is 0 Å². The van der Waals surface area contributed by atoms with E-state index in [-0.39, 0.29) is 36.4 Å². The molecule has 150 valence electrons. The van der Waals surface area contributed by atoms with Crippen molar-refractivity contribution >= 4 is 23.1 Å². The molecule has 0 bridgehead atoms. The van der Waals surface area contributed by atoms with E-state index in [4.69, 9.17) is 0 Å². The molecule has 0 radical (unpaired) electrons. The molecule has 3 aromatic rings. The number of carbonyl (C=O) groups is 2. The number of rotatable bonds is 5. The molecule has 1 fully saturated rings. The minimum Gasteiger partial charge on any atom is -0.342 e. The number of anilines is 1. The summed E-state index contributed by atoms with van der Waals surface area (Å²) >= 11 is 0. The van der Waals surface area contributed by atoms with E-state index in [0.29, 0.717) is 18.7 Å². The maximum Gasteiger partial charge on any atom is 0.350 e. The largest absolute Gasteiger partial charge is 0.350 e. The molecule has 3 heterocycles. The Morgan fingerprint density at radius 2 is 1.90 bits per heavy atom. The Bertz CT molecular complexity index is 1070. The highest BCUT2D eigenvalue weighted by Gasteiger charge is 2.28. The molecule has 2 aromatic heterocycles. The minimum absolute atomic E-state index is 0.0637. The van der Waals surface area contributed by atoms with E-state index in [1.165, 1.54) is 9.08 Å². The van der Waals surface area contributed by atoms with Gasteiger partial charge in [0.2, 0.25) is 11.8 Å². The number of nitrogens with one attached hydrogen (secondary N) is 1. The molecule has 8 nitrogen and oxygen atoms in total. The van der Waals surface area contributed by atoms with Gasteiger partial charge < -0.3 is 10.2 Å². The van der Waals surface area contributed by atoms with Gasteiger partial charge in [-0.05, 0) is 37.1 Å². The highest BCUT2D eigenvalue weighted by Crippen LogP contribution is 2.19. The Morgan fingerprint density at radius 1 is 1.10 bits per heavy atom. The van der Waals surface area contributed by atoms with Gasteiger partial charge >= 0.3 is 5.69 Å². The summed E-state index contributed by atoms with van der Waals surface area (Å²) in [5.41, 5.74) is 1.06. The molecule has 29 heavy (non-hydrogen) atoms.